The van der Waals surface area contributed by atoms with Gasteiger partial charge in [0.1, 0.15) is 11.6 Å². The lowest BCUT2D eigenvalue weighted by molar-refractivity contribution is 0.0743. The molecule has 3 aromatic rings. The Labute approximate surface area is 174 Å². The molecule has 1 aliphatic heterocycles. The van der Waals surface area contributed by atoms with Crippen LogP contribution in [0.4, 0.5) is 5.82 Å². The number of aryl methyl sites for hydroxylation is 2. The minimum Gasteiger partial charge on any atom is -0.361 e. The summed E-state index contributed by atoms with van der Waals surface area (Å²) in [7, 11) is 0. The van der Waals surface area contributed by atoms with E-state index in [1.54, 1.807) is 18.0 Å². The Hall–Kier alpha value is -2.80. The van der Waals surface area contributed by atoms with Crippen molar-refractivity contribution in [2.24, 2.45) is 0 Å². The molecule has 0 radical (unpaired) electrons. The third-order valence-corrected chi connectivity index (χ3v) is 6.31. The second kappa shape index (κ2) is 8.69. The molecule has 0 bridgehead atoms. The van der Waals surface area contributed by atoms with Crippen LogP contribution >= 0.6 is 11.8 Å². The van der Waals surface area contributed by atoms with Crippen molar-refractivity contribution >= 4 is 23.5 Å². The number of carbonyl (C=O) groups excluding carboxylic acids is 1. The highest BCUT2D eigenvalue weighted by Crippen LogP contribution is 2.29. The third kappa shape index (κ3) is 4.29. The minimum atomic E-state index is 0.0903. The molecule has 29 heavy (non-hydrogen) atoms. The first-order chi connectivity index (χ1) is 14.1. The maximum atomic E-state index is 13.2. The first-order valence-electron chi connectivity index (χ1n) is 9.72. The molecule has 6 nitrogen and oxygen atoms in total. The van der Waals surface area contributed by atoms with E-state index in [9.17, 15) is 4.79 Å². The molecule has 1 aliphatic rings. The molecule has 150 valence electrons. The van der Waals surface area contributed by atoms with Gasteiger partial charge < -0.3 is 14.3 Å². The van der Waals surface area contributed by atoms with Crippen molar-refractivity contribution in [3.05, 3.63) is 71.2 Å². The number of hydrogen-bond donors (Lipinski definition) is 0. The molecule has 2 aromatic heterocycles. The number of anilines is 1. The Bertz CT molecular complexity index is 962. The number of nitrogens with zero attached hydrogens (tertiary/aromatic N) is 4. The van der Waals surface area contributed by atoms with Gasteiger partial charge in [0.05, 0.1) is 11.3 Å². The van der Waals surface area contributed by atoms with Crippen molar-refractivity contribution in [2.75, 3.05) is 31.1 Å². The molecule has 7 heteroatoms. The van der Waals surface area contributed by atoms with Crippen molar-refractivity contribution in [1.29, 1.82) is 0 Å². The number of rotatable bonds is 5. The molecule has 0 aliphatic carbocycles. The molecule has 1 saturated heterocycles. The van der Waals surface area contributed by atoms with Crippen molar-refractivity contribution < 1.29 is 9.32 Å². The maximum absolute atomic E-state index is 13.2. The van der Waals surface area contributed by atoms with Gasteiger partial charge in [-0.05, 0) is 38.1 Å². The predicted molar refractivity (Wildman–Crippen MR) is 114 cm³/mol. The number of amides is 1. The van der Waals surface area contributed by atoms with Crippen LogP contribution in [-0.4, -0.2) is 47.1 Å². The molecule has 3 heterocycles. The van der Waals surface area contributed by atoms with E-state index in [4.69, 9.17) is 4.52 Å². The average Bonchev–Trinajstić information content (AvgIpc) is 3.10. The Balaban J connectivity index is 1.43. The monoisotopic (exact) mass is 408 g/mol. The van der Waals surface area contributed by atoms with Crippen LogP contribution in [-0.2, 0) is 5.75 Å². The SMILES string of the molecule is Cc1noc(C)c1CSc1ccccc1C(=O)N1CCN(c2ccccn2)CC1. The zero-order chi connectivity index (χ0) is 20.2. The topological polar surface area (TPSA) is 62.5 Å². The van der Waals surface area contributed by atoms with Crippen molar-refractivity contribution in [3.63, 3.8) is 0 Å². The molecule has 0 spiro atoms. The van der Waals surface area contributed by atoms with E-state index in [-0.39, 0.29) is 5.91 Å². The Kier molecular flexibility index (Phi) is 5.85. The van der Waals surface area contributed by atoms with E-state index in [1.165, 1.54) is 0 Å². The Morgan fingerprint density at radius 2 is 1.83 bits per heavy atom. The van der Waals surface area contributed by atoms with Gasteiger partial charge >= 0.3 is 0 Å². The quantitative estimate of drug-likeness (QED) is 0.596. The Morgan fingerprint density at radius 3 is 2.52 bits per heavy atom. The number of piperazine rings is 1. The molecule has 0 N–H and O–H groups in total. The summed E-state index contributed by atoms with van der Waals surface area (Å²) in [6.45, 7) is 6.84. The van der Waals surface area contributed by atoms with Crippen molar-refractivity contribution in [1.82, 2.24) is 15.0 Å². The van der Waals surface area contributed by atoms with Gasteiger partial charge in [0.25, 0.3) is 5.91 Å². The fraction of sp³-hybridized carbons (Fsp3) is 0.318. The van der Waals surface area contributed by atoms with Gasteiger partial charge in [0, 0.05) is 48.6 Å². The molecule has 1 fully saturated rings. The molecule has 1 amide bonds. The van der Waals surface area contributed by atoms with E-state index >= 15 is 0 Å². The van der Waals surface area contributed by atoms with Crippen LogP contribution in [0.1, 0.15) is 27.4 Å². The standard InChI is InChI=1S/C22H24N4O2S/c1-16-19(17(2)28-24-16)15-29-20-8-4-3-7-18(20)22(27)26-13-11-25(12-14-26)21-9-5-6-10-23-21/h3-10H,11-15H2,1-2H3. The average molecular weight is 409 g/mol. The molecular formula is C22H24N4O2S. The summed E-state index contributed by atoms with van der Waals surface area (Å²) in [6.07, 6.45) is 1.80. The second-order valence-electron chi connectivity index (χ2n) is 7.05. The molecular weight excluding hydrogens is 384 g/mol. The van der Waals surface area contributed by atoms with Crippen LogP contribution < -0.4 is 4.90 Å². The van der Waals surface area contributed by atoms with E-state index in [0.717, 1.165) is 52.1 Å². The summed E-state index contributed by atoms with van der Waals surface area (Å²) in [5.74, 6) is 2.63. The zero-order valence-electron chi connectivity index (χ0n) is 16.7. The largest absolute Gasteiger partial charge is 0.361 e. The van der Waals surface area contributed by atoms with Crippen LogP contribution in [0.2, 0.25) is 0 Å². The van der Waals surface area contributed by atoms with Crippen LogP contribution in [0.3, 0.4) is 0 Å². The van der Waals surface area contributed by atoms with Crippen molar-refractivity contribution in [2.45, 2.75) is 24.5 Å². The summed E-state index contributed by atoms with van der Waals surface area (Å²) in [6, 6.07) is 13.8. The molecule has 0 unspecified atom stereocenters. The normalized spacial score (nSPS) is 14.3. The van der Waals surface area contributed by atoms with Crippen molar-refractivity contribution in [3.8, 4) is 0 Å². The predicted octanol–water partition coefficient (Wildman–Crippen LogP) is 3.94. The summed E-state index contributed by atoms with van der Waals surface area (Å²) in [5.41, 5.74) is 2.77. The summed E-state index contributed by atoms with van der Waals surface area (Å²) in [5, 5.41) is 4.02. The molecule has 0 atom stereocenters. The number of pyridine rings is 1. The zero-order valence-corrected chi connectivity index (χ0v) is 17.5. The van der Waals surface area contributed by atoms with Gasteiger partial charge in [0.15, 0.2) is 0 Å². The van der Waals surface area contributed by atoms with Gasteiger partial charge in [-0.15, -0.1) is 11.8 Å². The third-order valence-electron chi connectivity index (χ3n) is 5.21. The van der Waals surface area contributed by atoms with Gasteiger partial charge in [-0.2, -0.15) is 0 Å². The lowest BCUT2D eigenvalue weighted by Gasteiger charge is -2.35. The highest BCUT2D eigenvalue weighted by Gasteiger charge is 2.24. The number of carbonyl (C=O) groups is 1. The van der Waals surface area contributed by atoms with Crippen LogP contribution in [0.15, 0.2) is 58.1 Å². The molecule has 0 saturated carbocycles. The summed E-state index contributed by atoms with van der Waals surface area (Å²) in [4.78, 5) is 22.8. The van der Waals surface area contributed by atoms with E-state index in [1.807, 2.05) is 61.2 Å². The number of aromatic nitrogens is 2. The van der Waals surface area contributed by atoms with Crippen LogP contribution in [0, 0.1) is 13.8 Å². The highest BCUT2D eigenvalue weighted by molar-refractivity contribution is 7.98. The first-order valence-corrected chi connectivity index (χ1v) is 10.7. The number of hydrogen-bond acceptors (Lipinski definition) is 6. The van der Waals surface area contributed by atoms with Crippen LogP contribution in [0.5, 0.6) is 0 Å². The summed E-state index contributed by atoms with van der Waals surface area (Å²) < 4.78 is 5.25. The fourth-order valence-electron chi connectivity index (χ4n) is 3.48. The molecule has 4 rings (SSSR count). The fourth-order valence-corrected chi connectivity index (χ4v) is 4.67. The van der Waals surface area contributed by atoms with Gasteiger partial charge in [-0.25, -0.2) is 4.98 Å². The van der Waals surface area contributed by atoms with Gasteiger partial charge in [0.2, 0.25) is 0 Å². The van der Waals surface area contributed by atoms with Gasteiger partial charge in [-0.1, -0.05) is 23.4 Å². The molecule has 1 aromatic carbocycles. The number of thioether (sulfide) groups is 1. The van der Waals surface area contributed by atoms with E-state index < -0.39 is 0 Å². The van der Waals surface area contributed by atoms with E-state index in [2.05, 4.69) is 15.0 Å². The minimum absolute atomic E-state index is 0.0903. The number of benzene rings is 1. The lowest BCUT2D eigenvalue weighted by Crippen LogP contribution is -2.49. The first kappa shape index (κ1) is 19.5. The lowest BCUT2D eigenvalue weighted by atomic mass is 10.2. The summed E-state index contributed by atoms with van der Waals surface area (Å²) >= 11 is 1.65. The smallest absolute Gasteiger partial charge is 0.255 e. The van der Waals surface area contributed by atoms with E-state index in [0.29, 0.717) is 13.1 Å². The second-order valence-corrected chi connectivity index (χ2v) is 8.07. The van der Waals surface area contributed by atoms with Gasteiger partial charge in [-0.3, -0.25) is 4.79 Å². The highest BCUT2D eigenvalue weighted by atomic mass is 32.2. The maximum Gasteiger partial charge on any atom is 0.255 e. The van der Waals surface area contributed by atoms with Crippen LogP contribution in [0.25, 0.3) is 0 Å². The Morgan fingerprint density at radius 1 is 1.07 bits per heavy atom.